The van der Waals surface area contributed by atoms with Crippen LogP contribution in [0.15, 0.2) is 103 Å². The van der Waals surface area contributed by atoms with Gasteiger partial charge in [-0.25, -0.2) is 4.79 Å². The van der Waals surface area contributed by atoms with E-state index in [9.17, 15) is 4.79 Å². The molecule has 0 aliphatic carbocycles. The Balaban J connectivity index is 1.63. The molecule has 0 saturated carbocycles. The molecule has 0 amide bonds. The Kier molecular flexibility index (Phi) is 8.71. The van der Waals surface area contributed by atoms with Crippen LogP contribution in [0.5, 0.6) is 17.2 Å². The number of carbonyl (C=O) groups excluding carboxylic acids is 1. The Labute approximate surface area is 271 Å². The number of carbonyl (C=O) groups is 1. The summed E-state index contributed by atoms with van der Waals surface area (Å²) in [4.78, 5) is 17.7. The minimum absolute atomic E-state index is 0.304. The van der Waals surface area contributed by atoms with E-state index in [1.165, 1.54) is 7.11 Å². The first-order valence-electron chi connectivity index (χ1n) is 15.8. The number of benzene rings is 5. The molecule has 0 fully saturated rings. The van der Waals surface area contributed by atoms with Gasteiger partial charge in [-0.2, -0.15) is 0 Å². The van der Waals surface area contributed by atoms with E-state index in [2.05, 4.69) is 110 Å². The molecule has 1 unspecified atom stereocenters. The molecule has 0 saturated heterocycles. The molecule has 1 atom stereocenters. The standard InChI is InChI=1S/C40H40N2O4/c1-7-41(8-2)28-19-20-33-36(23-28)46-37-25-38(44-5)35(24-34(37)39(33)31-17-9-10-18-32(31)40(43)45-6)42(29-15-11-13-26(3)21-29)30-16-12-14-27(4)22-30/h9-25,39H,7-8H2,1-6H3. The molecule has 0 bridgehead atoms. The van der Waals surface area contributed by atoms with Crippen LogP contribution >= 0.6 is 0 Å². The average Bonchev–Trinajstić information content (AvgIpc) is 3.07. The summed E-state index contributed by atoms with van der Waals surface area (Å²) in [6.07, 6.45) is 0. The maximum Gasteiger partial charge on any atom is 0.338 e. The van der Waals surface area contributed by atoms with Crippen molar-refractivity contribution in [2.75, 3.05) is 37.1 Å². The number of aryl methyl sites for hydroxylation is 2. The van der Waals surface area contributed by atoms with Crippen LogP contribution in [-0.4, -0.2) is 33.3 Å². The van der Waals surface area contributed by atoms with Gasteiger partial charge in [0.1, 0.15) is 17.2 Å². The smallest absolute Gasteiger partial charge is 0.338 e. The lowest BCUT2D eigenvalue weighted by atomic mass is 9.80. The van der Waals surface area contributed by atoms with E-state index in [0.717, 1.165) is 69.4 Å². The number of ether oxygens (including phenoxy) is 3. The second-order valence-electron chi connectivity index (χ2n) is 11.6. The van der Waals surface area contributed by atoms with E-state index in [1.54, 1.807) is 7.11 Å². The Hall–Kier alpha value is -5.23. The van der Waals surface area contributed by atoms with Gasteiger partial charge in [0.15, 0.2) is 0 Å². The summed E-state index contributed by atoms with van der Waals surface area (Å²) in [5.41, 5.74) is 9.56. The molecule has 1 aliphatic rings. The Morgan fingerprint density at radius 3 is 1.96 bits per heavy atom. The highest BCUT2D eigenvalue weighted by Gasteiger charge is 2.34. The van der Waals surface area contributed by atoms with Gasteiger partial charge in [0.05, 0.1) is 25.5 Å². The second-order valence-corrected chi connectivity index (χ2v) is 11.6. The molecule has 0 spiro atoms. The normalized spacial score (nSPS) is 13.2. The third-order valence-electron chi connectivity index (χ3n) is 8.72. The van der Waals surface area contributed by atoms with Crippen LogP contribution in [0.1, 0.15) is 57.9 Å². The number of rotatable bonds is 9. The van der Waals surface area contributed by atoms with Gasteiger partial charge in [0, 0.05) is 59.3 Å². The minimum atomic E-state index is -0.375. The van der Waals surface area contributed by atoms with Crippen molar-refractivity contribution in [3.05, 3.63) is 137 Å². The Morgan fingerprint density at radius 2 is 1.35 bits per heavy atom. The summed E-state index contributed by atoms with van der Waals surface area (Å²) in [6, 6.07) is 35.1. The molecular formula is C40H40N2O4. The predicted octanol–water partition coefficient (Wildman–Crippen LogP) is 9.70. The van der Waals surface area contributed by atoms with Crippen molar-refractivity contribution in [1.82, 2.24) is 0 Å². The molecular weight excluding hydrogens is 572 g/mol. The van der Waals surface area contributed by atoms with Crippen molar-refractivity contribution in [2.24, 2.45) is 0 Å². The number of hydrogen-bond acceptors (Lipinski definition) is 6. The first kappa shape index (κ1) is 30.8. The zero-order valence-corrected chi connectivity index (χ0v) is 27.3. The van der Waals surface area contributed by atoms with Crippen molar-refractivity contribution >= 4 is 28.7 Å². The van der Waals surface area contributed by atoms with Gasteiger partial charge >= 0.3 is 5.97 Å². The monoisotopic (exact) mass is 612 g/mol. The molecule has 6 rings (SSSR count). The van der Waals surface area contributed by atoms with Gasteiger partial charge in [-0.05, 0) is 86.8 Å². The lowest BCUT2D eigenvalue weighted by Crippen LogP contribution is -2.22. The van der Waals surface area contributed by atoms with Crippen LogP contribution < -0.4 is 19.3 Å². The fourth-order valence-corrected chi connectivity index (χ4v) is 6.48. The van der Waals surface area contributed by atoms with Gasteiger partial charge in [-0.3, -0.25) is 0 Å². The summed E-state index contributed by atoms with van der Waals surface area (Å²) in [7, 11) is 3.11. The van der Waals surface area contributed by atoms with E-state index in [-0.39, 0.29) is 11.9 Å². The van der Waals surface area contributed by atoms with Gasteiger partial charge in [0.25, 0.3) is 0 Å². The fraction of sp³-hybridized carbons (Fsp3) is 0.225. The van der Waals surface area contributed by atoms with Crippen molar-refractivity contribution < 1.29 is 19.0 Å². The topological polar surface area (TPSA) is 51.2 Å². The number of hydrogen-bond donors (Lipinski definition) is 0. The van der Waals surface area contributed by atoms with E-state index in [0.29, 0.717) is 17.1 Å². The van der Waals surface area contributed by atoms with Gasteiger partial charge < -0.3 is 24.0 Å². The first-order valence-corrected chi connectivity index (χ1v) is 15.8. The number of fused-ring (bicyclic) bond motifs is 2. The highest BCUT2D eigenvalue weighted by molar-refractivity contribution is 5.92. The number of nitrogens with zero attached hydrogens (tertiary/aromatic N) is 2. The Bertz CT molecular complexity index is 1850. The Morgan fingerprint density at radius 1 is 0.696 bits per heavy atom. The van der Waals surface area contributed by atoms with Gasteiger partial charge in [-0.15, -0.1) is 0 Å². The van der Waals surface area contributed by atoms with Crippen LogP contribution in [0, 0.1) is 13.8 Å². The van der Waals surface area contributed by atoms with E-state index in [1.807, 2.05) is 30.3 Å². The molecule has 6 nitrogen and oxygen atoms in total. The zero-order valence-electron chi connectivity index (χ0n) is 27.3. The quantitative estimate of drug-likeness (QED) is 0.152. The first-order chi connectivity index (χ1) is 22.4. The third kappa shape index (κ3) is 5.67. The molecule has 0 N–H and O–H groups in total. The molecule has 46 heavy (non-hydrogen) atoms. The number of esters is 1. The van der Waals surface area contributed by atoms with Crippen LogP contribution in [0.3, 0.4) is 0 Å². The minimum Gasteiger partial charge on any atom is -0.494 e. The number of anilines is 4. The summed E-state index contributed by atoms with van der Waals surface area (Å²) in [6.45, 7) is 10.2. The average molecular weight is 613 g/mol. The summed E-state index contributed by atoms with van der Waals surface area (Å²) in [5.74, 6) is 1.43. The van der Waals surface area contributed by atoms with Gasteiger partial charge in [-0.1, -0.05) is 48.5 Å². The van der Waals surface area contributed by atoms with E-state index in [4.69, 9.17) is 14.2 Å². The molecule has 5 aromatic carbocycles. The van der Waals surface area contributed by atoms with Crippen LogP contribution in [0.4, 0.5) is 22.7 Å². The summed E-state index contributed by atoms with van der Waals surface area (Å²) >= 11 is 0. The van der Waals surface area contributed by atoms with Crippen LogP contribution in [0.2, 0.25) is 0 Å². The lowest BCUT2D eigenvalue weighted by molar-refractivity contribution is 0.0599. The highest BCUT2D eigenvalue weighted by Crippen LogP contribution is 2.53. The molecule has 234 valence electrons. The molecule has 5 aromatic rings. The summed E-state index contributed by atoms with van der Waals surface area (Å²) < 4.78 is 18.1. The molecule has 1 heterocycles. The maximum absolute atomic E-state index is 13.1. The second kappa shape index (κ2) is 13.0. The van der Waals surface area contributed by atoms with Crippen LogP contribution in [0.25, 0.3) is 0 Å². The largest absolute Gasteiger partial charge is 0.494 e. The zero-order chi connectivity index (χ0) is 32.4. The molecule has 1 aliphatic heterocycles. The van der Waals surface area contributed by atoms with Crippen molar-refractivity contribution in [1.29, 1.82) is 0 Å². The van der Waals surface area contributed by atoms with Gasteiger partial charge in [0.2, 0.25) is 0 Å². The molecule has 6 heteroatoms. The predicted molar refractivity (Wildman–Crippen MR) is 186 cm³/mol. The molecule has 0 aromatic heterocycles. The molecule has 0 radical (unpaired) electrons. The third-order valence-corrected chi connectivity index (χ3v) is 8.72. The summed E-state index contributed by atoms with van der Waals surface area (Å²) in [5, 5.41) is 0. The number of methoxy groups -OCH3 is 2. The van der Waals surface area contributed by atoms with Crippen molar-refractivity contribution in [3.63, 3.8) is 0 Å². The van der Waals surface area contributed by atoms with Crippen molar-refractivity contribution in [2.45, 2.75) is 33.6 Å². The SMILES string of the molecule is CCN(CC)c1ccc2c(c1)Oc1cc(OC)c(N(c3cccc(C)c3)c3cccc(C)c3)cc1C2c1ccccc1C(=O)OC. The van der Waals surface area contributed by atoms with Crippen LogP contribution in [-0.2, 0) is 4.74 Å². The lowest BCUT2D eigenvalue weighted by Gasteiger charge is -2.34. The van der Waals surface area contributed by atoms with E-state index < -0.39 is 0 Å². The van der Waals surface area contributed by atoms with E-state index >= 15 is 0 Å². The highest BCUT2D eigenvalue weighted by atomic mass is 16.5. The fourth-order valence-electron chi connectivity index (χ4n) is 6.48. The van der Waals surface area contributed by atoms with Crippen molar-refractivity contribution in [3.8, 4) is 17.2 Å². The maximum atomic E-state index is 13.1.